The number of benzene rings is 1. The highest BCUT2D eigenvalue weighted by molar-refractivity contribution is 6.30. The molecular formula is C16H20ClN3O3. The third-order valence-electron chi connectivity index (χ3n) is 4.24. The van der Waals surface area contributed by atoms with Gasteiger partial charge in [-0.15, -0.1) is 0 Å². The van der Waals surface area contributed by atoms with Crippen LogP contribution in [0.3, 0.4) is 0 Å². The molecule has 2 aliphatic rings. The lowest BCUT2D eigenvalue weighted by atomic mass is 10.0. The molecule has 0 aromatic heterocycles. The zero-order valence-electron chi connectivity index (χ0n) is 12.8. The normalized spacial score (nSPS) is 23.0. The SMILES string of the molecule is O=C1CC(c2ccc(Cl)cc2)NC(=O)N1CCN1CCOCC1. The number of hydrogen-bond acceptors (Lipinski definition) is 4. The van der Waals surface area contributed by atoms with E-state index in [0.29, 0.717) is 31.3 Å². The van der Waals surface area contributed by atoms with Crippen LogP contribution in [0.4, 0.5) is 4.79 Å². The lowest BCUT2D eigenvalue weighted by Gasteiger charge is -2.34. The topological polar surface area (TPSA) is 61.9 Å². The molecule has 2 aliphatic heterocycles. The van der Waals surface area contributed by atoms with Crippen molar-refractivity contribution in [2.24, 2.45) is 0 Å². The summed E-state index contributed by atoms with van der Waals surface area (Å²) in [6, 6.07) is 6.59. The number of nitrogens with one attached hydrogen (secondary N) is 1. The number of nitrogens with zero attached hydrogens (tertiary/aromatic N) is 2. The minimum Gasteiger partial charge on any atom is -0.379 e. The summed E-state index contributed by atoms with van der Waals surface area (Å²) in [4.78, 5) is 28.1. The van der Waals surface area contributed by atoms with Gasteiger partial charge in [-0.1, -0.05) is 23.7 Å². The lowest BCUT2D eigenvalue weighted by Crippen LogP contribution is -2.53. The van der Waals surface area contributed by atoms with Crippen molar-refractivity contribution in [1.82, 2.24) is 15.1 Å². The fourth-order valence-electron chi connectivity index (χ4n) is 2.86. The fraction of sp³-hybridized carbons (Fsp3) is 0.500. The molecule has 1 aromatic carbocycles. The van der Waals surface area contributed by atoms with Crippen LogP contribution in [0.5, 0.6) is 0 Å². The highest BCUT2D eigenvalue weighted by Crippen LogP contribution is 2.23. The first-order chi connectivity index (χ1) is 11.1. The van der Waals surface area contributed by atoms with E-state index in [1.807, 2.05) is 12.1 Å². The molecule has 3 amide bonds. The Morgan fingerprint density at radius 3 is 2.48 bits per heavy atom. The van der Waals surface area contributed by atoms with Gasteiger partial charge in [-0.3, -0.25) is 14.6 Å². The Labute approximate surface area is 140 Å². The fourth-order valence-corrected chi connectivity index (χ4v) is 2.99. The van der Waals surface area contributed by atoms with Crippen LogP contribution in [0.1, 0.15) is 18.0 Å². The van der Waals surface area contributed by atoms with Gasteiger partial charge in [0.1, 0.15) is 0 Å². The molecule has 0 radical (unpaired) electrons. The summed E-state index contributed by atoms with van der Waals surface area (Å²) >= 11 is 5.87. The van der Waals surface area contributed by atoms with Gasteiger partial charge in [-0.2, -0.15) is 0 Å². The zero-order chi connectivity index (χ0) is 16.2. The number of hydrogen-bond donors (Lipinski definition) is 1. The van der Waals surface area contributed by atoms with Crippen molar-refractivity contribution in [2.45, 2.75) is 12.5 Å². The lowest BCUT2D eigenvalue weighted by molar-refractivity contribution is -0.130. The number of amides is 3. The Bertz CT molecular complexity index is 554. The van der Waals surface area contributed by atoms with Gasteiger partial charge in [0.05, 0.1) is 25.7 Å². The van der Waals surface area contributed by atoms with Crippen LogP contribution in [0.2, 0.25) is 5.02 Å². The van der Waals surface area contributed by atoms with E-state index in [-0.39, 0.29) is 24.4 Å². The molecule has 0 aliphatic carbocycles. The summed E-state index contributed by atoms with van der Waals surface area (Å²) in [6.45, 7) is 4.21. The number of halogens is 1. The number of rotatable bonds is 4. The molecule has 23 heavy (non-hydrogen) atoms. The molecule has 1 atom stereocenters. The van der Waals surface area contributed by atoms with E-state index in [4.69, 9.17) is 16.3 Å². The third kappa shape index (κ3) is 4.02. The van der Waals surface area contributed by atoms with E-state index in [0.717, 1.165) is 18.7 Å². The minimum atomic E-state index is -0.325. The maximum absolute atomic E-state index is 12.3. The van der Waals surface area contributed by atoms with Gasteiger partial charge in [0, 0.05) is 31.2 Å². The summed E-state index contributed by atoms with van der Waals surface area (Å²) in [5.41, 5.74) is 0.893. The molecule has 3 rings (SSSR count). The number of carbonyl (C=O) groups is 2. The summed E-state index contributed by atoms with van der Waals surface area (Å²) < 4.78 is 5.29. The smallest absolute Gasteiger partial charge is 0.324 e. The first-order valence-corrected chi connectivity index (χ1v) is 8.18. The molecule has 6 nitrogen and oxygen atoms in total. The first-order valence-electron chi connectivity index (χ1n) is 7.80. The maximum Gasteiger partial charge on any atom is 0.324 e. The van der Waals surface area contributed by atoms with Crippen LogP contribution in [-0.4, -0.2) is 61.1 Å². The van der Waals surface area contributed by atoms with Gasteiger partial charge < -0.3 is 10.1 Å². The average molecular weight is 338 g/mol. The largest absolute Gasteiger partial charge is 0.379 e. The predicted molar refractivity (Wildman–Crippen MR) is 86.3 cm³/mol. The Morgan fingerprint density at radius 1 is 1.13 bits per heavy atom. The second-order valence-electron chi connectivity index (χ2n) is 5.76. The zero-order valence-corrected chi connectivity index (χ0v) is 13.6. The van der Waals surface area contributed by atoms with Crippen molar-refractivity contribution in [3.63, 3.8) is 0 Å². The van der Waals surface area contributed by atoms with Crippen LogP contribution in [-0.2, 0) is 9.53 Å². The molecule has 2 saturated heterocycles. The molecule has 7 heteroatoms. The number of imide groups is 1. The van der Waals surface area contributed by atoms with E-state index < -0.39 is 0 Å². The molecule has 1 unspecified atom stereocenters. The molecule has 1 aromatic rings. The summed E-state index contributed by atoms with van der Waals surface area (Å²) in [6.07, 6.45) is 0.274. The van der Waals surface area contributed by atoms with Crippen LogP contribution in [0, 0.1) is 0 Å². The molecule has 0 spiro atoms. The number of morpholine rings is 1. The van der Waals surface area contributed by atoms with Crippen molar-refractivity contribution in [3.05, 3.63) is 34.9 Å². The van der Waals surface area contributed by atoms with Gasteiger partial charge in [0.2, 0.25) is 5.91 Å². The van der Waals surface area contributed by atoms with Gasteiger partial charge in [0.15, 0.2) is 0 Å². The molecular weight excluding hydrogens is 318 g/mol. The van der Waals surface area contributed by atoms with E-state index in [1.165, 1.54) is 4.90 Å². The van der Waals surface area contributed by atoms with Crippen LogP contribution >= 0.6 is 11.6 Å². The van der Waals surface area contributed by atoms with Crippen molar-refractivity contribution >= 4 is 23.5 Å². The van der Waals surface area contributed by atoms with E-state index in [9.17, 15) is 9.59 Å². The average Bonchev–Trinajstić information content (AvgIpc) is 2.55. The van der Waals surface area contributed by atoms with Gasteiger partial charge in [-0.25, -0.2) is 4.79 Å². The monoisotopic (exact) mass is 337 g/mol. The van der Waals surface area contributed by atoms with E-state index >= 15 is 0 Å². The van der Waals surface area contributed by atoms with E-state index in [2.05, 4.69) is 10.2 Å². The van der Waals surface area contributed by atoms with Crippen molar-refractivity contribution < 1.29 is 14.3 Å². The highest BCUT2D eigenvalue weighted by Gasteiger charge is 2.32. The van der Waals surface area contributed by atoms with Crippen molar-refractivity contribution in [3.8, 4) is 0 Å². The molecule has 1 N–H and O–H groups in total. The van der Waals surface area contributed by atoms with E-state index in [1.54, 1.807) is 12.1 Å². The first kappa shape index (κ1) is 16.2. The number of carbonyl (C=O) groups excluding carboxylic acids is 2. The summed E-state index contributed by atoms with van der Waals surface area (Å²) in [5, 5.41) is 3.53. The van der Waals surface area contributed by atoms with Crippen LogP contribution < -0.4 is 5.32 Å². The summed E-state index contributed by atoms with van der Waals surface area (Å²) in [5.74, 6) is -0.137. The molecule has 2 fully saturated rings. The van der Waals surface area contributed by atoms with Crippen molar-refractivity contribution in [1.29, 1.82) is 0 Å². The quantitative estimate of drug-likeness (QED) is 0.907. The van der Waals surface area contributed by atoms with Crippen molar-refractivity contribution in [2.75, 3.05) is 39.4 Å². The summed E-state index contributed by atoms with van der Waals surface area (Å²) in [7, 11) is 0. The predicted octanol–water partition coefficient (Wildman–Crippen LogP) is 1.66. The third-order valence-corrected chi connectivity index (χ3v) is 4.49. The molecule has 0 bridgehead atoms. The number of ether oxygens (including phenoxy) is 1. The van der Waals surface area contributed by atoms with Gasteiger partial charge in [0.25, 0.3) is 0 Å². The Kier molecular flexibility index (Phi) is 5.15. The standard InChI is InChI=1S/C16H20ClN3O3/c17-13-3-1-12(2-4-13)14-11-15(21)20(16(22)18-14)6-5-19-7-9-23-10-8-19/h1-4,14H,5-11H2,(H,18,22). The van der Waals surface area contributed by atoms with Gasteiger partial charge >= 0.3 is 6.03 Å². The maximum atomic E-state index is 12.3. The Hall–Kier alpha value is -1.63. The molecule has 2 heterocycles. The second kappa shape index (κ2) is 7.29. The van der Waals surface area contributed by atoms with Crippen LogP contribution in [0.25, 0.3) is 0 Å². The Balaban J connectivity index is 1.57. The highest BCUT2D eigenvalue weighted by atomic mass is 35.5. The number of urea groups is 1. The Morgan fingerprint density at radius 2 is 1.83 bits per heavy atom. The van der Waals surface area contributed by atoms with Gasteiger partial charge in [-0.05, 0) is 17.7 Å². The minimum absolute atomic E-state index is 0.137. The second-order valence-corrected chi connectivity index (χ2v) is 6.19. The molecule has 124 valence electrons. The van der Waals surface area contributed by atoms with Crippen LogP contribution in [0.15, 0.2) is 24.3 Å². The molecule has 0 saturated carbocycles.